The van der Waals surface area contributed by atoms with E-state index in [4.69, 9.17) is 9.47 Å². The molecule has 0 radical (unpaired) electrons. The molecule has 16 heteroatoms. The van der Waals surface area contributed by atoms with Gasteiger partial charge < -0.3 is 29.9 Å². The van der Waals surface area contributed by atoms with Crippen LogP contribution in [0.25, 0.3) is 10.9 Å². The predicted octanol–water partition coefficient (Wildman–Crippen LogP) is 3.04. The first-order valence-electron chi connectivity index (χ1n) is 19.2. The summed E-state index contributed by atoms with van der Waals surface area (Å²) in [5.41, 5.74) is -1.58. The van der Waals surface area contributed by atoms with Crippen molar-refractivity contribution in [3.8, 4) is 5.75 Å². The fourth-order valence-electron chi connectivity index (χ4n) is 8.27. The molecule has 296 valence electrons. The van der Waals surface area contributed by atoms with Crippen LogP contribution >= 0.6 is 0 Å². The number of allylic oxidation sites excluding steroid dienone is 1. The summed E-state index contributed by atoms with van der Waals surface area (Å²) in [7, 11) is -2.39. The maximum atomic E-state index is 14.7. The largest absolute Gasteiger partial charge is 0.496 e. The number of nitrogens with one attached hydrogen (secondary N) is 3. The van der Waals surface area contributed by atoms with Gasteiger partial charge >= 0.3 is 6.09 Å². The van der Waals surface area contributed by atoms with Crippen LogP contribution in [0.4, 0.5) is 4.79 Å². The summed E-state index contributed by atoms with van der Waals surface area (Å²) < 4.78 is 39.1. The monoisotopic (exact) mass is 778 g/mol. The third kappa shape index (κ3) is 8.01. The first-order chi connectivity index (χ1) is 26.1. The number of alkyl carbamates (subject to hydrolysis) is 1. The van der Waals surface area contributed by atoms with Crippen molar-refractivity contribution in [3.05, 3.63) is 48.2 Å². The number of sulfonamides is 1. The number of rotatable bonds is 6. The van der Waals surface area contributed by atoms with Gasteiger partial charge in [0.15, 0.2) is 0 Å². The first-order valence-corrected chi connectivity index (χ1v) is 20.7. The number of para-hydroxylation sites is 1. The van der Waals surface area contributed by atoms with Gasteiger partial charge in [0, 0.05) is 48.8 Å². The van der Waals surface area contributed by atoms with E-state index in [1.54, 1.807) is 37.8 Å². The lowest BCUT2D eigenvalue weighted by atomic mass is 9.93. The minimum atomic E-state index is -3.92. The van der Waals surface area contributed by atoms with Crippen LogP contribution in [0, 0.1) is 17.8 Å². The molecule has 1 aromatic heterocycles. The van der Waals surface area contributed by atoms with Crippen LogP contribution < -0.4 is 20.1 Å². The van der Waals surface area contributed by atoms with Gasteiger partial charge in [-0.2, -0.15) is 0 Å². The van der Waals surface area contributed by atoms with Crippen molar-refractivity contribution in [2.45, 2.75) is 101 Å². The Kier molecular flexibility index (Phi) is 10.3. The van der Waals surface area contributed by atoms with Crippen LogP contribution in [-0.4, -0.2) is 108 Å². The Bertz CT molecular complexity index is 2030. The molecule has 2 saturated carbocycles. The van der Waals surface area contributed by atoms with Gasteiger partial charge in [-0.3, -0.25) is 23.9 Å². The van der Waals surface area contributed by atoms with Crippen LogP contribution in [0.3, 0.4) is 0 Å². The Hall–Kier alpha value is -4.73. The Morgan fingerprint density at radius 3 is 2.51 bits per heavy atom. The number of methoxy groups -OCH3 is 1. The van der Waals surface area contributed by atoms with Crippen molar-refractivity contribution >= 4 is 50.6 Å². The Balaban J connectivity index is 1.20. The van der Waals surface area contributed by atoms with Crippen molar-refractivity contribution in [1.29, 1.82) is 0 Å². The Labute approximate surface area is 321 Å². The molecular weight excluding hydrogens is 729 g/mol. The van der Waals surface area contributed by atoms with Gasteiger partial charge in [-0.25, -0.2) is 18.2 Å². The molecule has 4 fully saturated rings. The number of ether oxygens (including phenoxy) is 2. The molecule has 0 unspecified atom stereocenters. The first kappa shape index (κ1) is 38.5. The van der Waals surface area contributed by atoms with Gasteiger partial charge in [-0.15, -0.1) is 0 Å². The van der Waals surface area contributed by atoms with Crippen LogP contribution in [0.15, 0.2) is 42.5 Å². The van der Waals surface area contributed by atoms with E-state index in [1.807, 2.05) is 30.4 Å². The summed E-state index contributed by atoms with van der Waals surface area (Å²) in [6, 6.07) is 6.80. The van der Waals surface area contributed by atoms with Crippen molar-refractivity contribution < 1.29 is 41.9 Å². The van der Waals surface area contributed by atoms with Crippen LogP contribution in [0.1, 0.15) is 82.6 Å². The molecule has 1 aromatic carbocycles. The Morgan fingerprint density at radius 1 is 1.02 bits per heavy atom. The lowest BCUT2D eigenvalue weighted by molar-refractivity contribution is -0.142. The van der Waals surface area contributed by atoms with Crippen molar-refractivity contribution in [3.63, 3.8) is 0 Å². The minimum Gasteiger partial charge on any atom is -0.496 e. The SMILES string of the molecule is COc1cc(C(=O)N2C[C@H]3CN4C(=O)[C@H](NC(=O)OC(C)(C)C)CCCCC/C=C\[C@@H]5C[C@@]5(C(=O)NS(=O)(=O)C5CC5)NC(=O)[C@@H]4[C@H]3C2)nc2ccccc12. The average molecular weight is 779 g/mol. The highest BCUT2D eigenvalue weighted by Gasteiger charge is 2.63. The number of benzene rings is 1. The number of hydrogen-bond acceptors (Lipinski definition) is 10. The molecule has 4 heterocycles. The highest BCUT2D eigenvalue weighted by atomic mass is 32.2. The van der Waals surface area contributed by atoms with Crippen LogP contribution in [0.5, 0.6) is 5.75 Å². The molecule has 0 bridgehead atoms. The fourth-order valence-corrected chi connectivity index (χ4v) is 9.63. The fraction of sp³-hybridized carbons (Fsp3) is 0.590. The van der Waals surface area contributed by atoms with Crippen molar-refractivity contribution in [1.82, 2.24) is 30.1 Å². The number of aromatic nitrogens is 1. The molecule has 3 aliphatic heterocycles. The molecule has 15 nitrogen and oxygen atoms in total. The number of fused-ring (bicyclic) bond motifs is 5. The highest BCUT2D eigenvalue weighted by molar-refractivity contribution is 7.91. The molecule has 2 saturated heterocycles. The topological polar surface area (TPSA) is 193 Å². The molecule has 0 spiro atoms. The van der Waals surface area contributed by atoms with E-state index >= 15 is 0 Å². The van der Waals surface area contributed by atoms with Crippen LogP contribution in [0.2, 0.25) is 0 Å². The number of carbonyl (C=O) groups excluding carboxylic acids is 5. The van der Waals surface area contributed by atoms with E-state index in [9.17, 15) is 32.4 Å². The van der Waals surface area contributed by atoms with Gasteiger partial charge in [0.2, 0.25) is 21.8 Å². The normalized spacial score (nSPS) is 29.1. The number of carbonyl (C=O) groups is 5. The van der Waals surface area contributed by atoms with E-state index in [2.05, 4.69) is 20.3 Å². The van der Waals surface area contributed by atoms with Crippen molar-refractivity contribution in [2.24, 2.45) is 17.8 Å². The van der Waals surface area contributed by atoms with E-state index < -0.39 is 74.1 Å². The van der Waals surface area contributed by atoms with E-state index in [0.29, 0.717) is 43.4 Å². The maximum absolute atomic E-state index is 14.7. The molecule has 5 amide bonds. The van der Waals surface area contributed by atoms with E-state index in [1.165, 1.54) is 12.0 Å². The second-order valence-electron chi connectivity index (χ2n) is 16.5. The summed E-state index contributed by atoms with van der Waals surface area (Å²) in [4.78, 5) is 77.8. The molecule has 7 rings (SSSR count). The zero-order valence-corrected chi connectivity index (χ0v) is 32.5. The van der Waals surface area contributed by atoms with E-state index in [0.717, 1.165) is 18.2 Å². The minimum absolute atomic E-state index is 0.116. The predicted molar refractivity (Wildman–Crippen MR) is 201 cm³/mol. The number of hydrogen-bond donors (Lipinski definition) is 3. The zero-order chi connectivity index (χ0) is 39.3. The molecular formula is C39H50N6O9S. The van der Waals surface area contributed by atoms with Gasteiger partial charge in [-0.05, 0) is 71.4 Å². The summed E-state index contributed by atoms with van der Waals surface area (Å²) in [5, 5.41) is 5.79. The highest BCUT2D eigenvalue weighted by Crippen LogP contribution is 2.47. The van der Waals surface area contributed by atoms with E-state index in [-0.39, 0.29) is 43.6 Å². The molecule has 5 aliphatic rings. The third-order valence-corrected chi connectivity index (χ3v) is 13.1. The summed E-state index contributed by atoms with van der Waals surface area (Å²) in [6.07, 6.45) is 7.33. The van der Waals surface area contributed by atoms with Gasteiger partial charge in [-0.1, -0.05) is 37.1 Å². The van der Waals surface area contributed by atoms with Gasteiger partial charge in [0.05, 0.1) is 17.9 Å². The maximum Gasteiger partial charge on any atom is 0.408 e. The van der Waals surface area contributed by atoms with Crippen molar-refractivity contribution in [2.75, 3.05) is 26.7 Å². The molecule has 2 aromatic rings. The molecule has 55 heavy (non-hydrogen) atoms. The quantitative estimate of drug-likeness (QED) is 0.367. The summed E-state index contributed by atoms with van der Waals surface area (Å²) in [5.74, 6) is -3.05. The number of pyridine rings is 1. The Morgan fingerprint density at radius 2 is 1.78 bits per heavy atom. The summed E-state index contributed by atoms with van der Waals surface area (Å²) in [6.45, 7) is 5.64. The van der Waals surface area contributed by atoms with Crippen LogP contribution in [-0.2, 0) is 29.1 Å². The number of likely N-dealkylation sites (tertiary alicyclic amines) is 1. The smallest absolute Gasteiger partial charge is 0.408 e. The lowest BCUT2D eigenvalue weighted by Crippen LogP contribution is -2.60. The molecule has 6 atom stereocenters. The standard InChI is InChI=1S/C39H50N6O9S/c1-38(2,3)54-37(50)41-29-15-9-7-5-6-8-12-24-19-39(24,36(49)43-55(51,52)25-16-17-25)42-33(46)32-27-22-44(20-23(27)21-45(32)35(29)48)34(47)30-18-31(53-4)26-13-10-11-14-28(26)40-30/h8,10-14,18,23-25,27,29,32H,5-7,9,15-17,19-22H2,1-4H3,(H,41,50)(H,42,46)(H,43,49)/b12-8-/t23-,24+,27-,29+,32-,39+/m0/s1. The second kappa shape index (κ2) is 14.7. The van der Waals surface area contributed by atoms with Gasteiger partial charge in [0.25, 0.3) is 11.8 Å². The second-order valence-corrected chi connectivity index (χ2v) is 18.5. The molecule has 2 aliphatic carbocycles. The number of nitrogens with zero attached hydrogens (tertiary/aromatic N) is 3. The molecule has 3 N–H and O–H groups in total. The number of amides is 5. The third-order valence-electron chi connectivity index (χ3n) is 11.3. The lowest BCUT2D eigenvalue weighted by Gasteiger charge is -2.33. The zero-order valence-electron chi connectivity index (χ0n) is 31.7. The average Bonchev–Trinajstić information content (AvgIpc) is 4.03. The summed E-state index contributed by atoms with van der Waals surface area (Å²) >= 11 is 0. The van der Waals surface area contributed by atoms with Gasteiger partial charge in [0.1, 0.15) is 34.7 Å².